The second-order valence-electron chi connectivity index (χ2n) is 4.60. The minimum Gasteiger partial charge on any atom is -0.322 e. The van der Waals surface area contributed by atoms with Crippen LogP contribution in [0.25, 0.3) is 0 Å². The van der Waals surface area contributed by atoms with Gasteiger partial charge in [-0.2, -0.15) is 5.26 Å². The van der Waals surface area contributed by atoms with E-state index in [0.717, 1.165) is 19.6 Å². The summed E-state index contributed by atoms with van der Waals surface area (Å²) in [5.41, 5.74) is 1.36. The molecule has 1 aromatic carbocycles. The van der Waals surface area contributed by atoms with E-state index in [1.54, 1.807) is 0 Å². The van der Waals surface area contributed by atoms with E-state index in [0.29, 0.717) is 6.04 Å². The molecule has 3 heteroatoms. The Kier molecular flexibility index (Phi) is 4.40. The summed E-state index contributed by atoms with van der Waals surface area (Å²) in [5.74, 6) is 0. The number of nitrogens with one attached hydrogen (secondary N) is 1. The molecule has 1 heterocycles. The summed E-state index contributed by atoms with van der Waals surface area (Å²) in [4.78, 5) is 2.49. The Morgan fingerprint density at radius 2 is 2.12 bits per heavy atom. The molecule has 1 N–H and O–H groups in total. The second-order valence-corrected chi connectivity index (χ2v) is 4.60. The molecule has 90 valence electrons. The van der Waals surface area contributed by atoms with E-state index < -0.39 is 0 Å². The molecule has 1 aliphatic rings. The van der Waals surface area contributed by atoms with Gasteiger partial charge in [-0.25, -0.2) is 0 Å². The molecule has 3 nitrogen and oxygen atoms in total. The number of hydrogen-bond acceptors (Lipinski definition) is 3. The maximum atomic E-state index is 8.59. The van der Waals surface area contributed by atoms with Gasteiger partial charge in [-0.1, -0.05) is 36.8 Å². The topological polar surface area (TPSA) is 39.1 Å². The van der Waals surface area contributed by atoms with E-state index in [1.165, 1.54) is 24.8 Å². The van der Waals surface area contributed by atoms with Crippen molar-refractivity contribution < 1.29 is 0 Å². The molecular formula is C14H19N3. The zero-order valence-electron chi connectivity index (χ0n) is 10.1. The summed E-state index contributed by atoms with van der Waals surface area (Å²) < 4.78 is 0. The lowest BCUT2D eigenvalue weighted by Crippen LogP contribution is -2.44. The third-order valence-corrected chi connectivity index (χ3v) is 3.39. The van der Waals surface area contributed by atoms with Crippen LogP contribution in [0.4, 0.5) is 0 Å². The van der Waals surface area contributed by atoms with Gasteiger partial charge in [-0.15, -0.1) is 0 Å². The molecule has 1 atom stereocenters. The predicted molar refractivity (Wildman–Crippen MR) is 68.1 cm³/mol. The average Bonchev–Trinajstić information content (AvgIpc) is 2.39. The lowest BCUT2D eigenvalue weighted by Gasteiger charge is -2.35. The Morgan fingerprint density at radius 3 is 2.88 bits per heavy atom. The Hall–Kier alpha value is -1.53. The summed E-state index contributed by atoms with van der Waals surface area (Å²) in [6, 6.07) is 11.1. The highest BCUT2D eigenvalue weighted by atomic mass is 15.2. The SMILES string of the molecule is N#CNCC1CCCCN1Cc1ccccc1. The summed E-state index contributed by atoms with van der Waals surface area (Å²) in [6.45, 7) is 2.93. The Morgan fingerprint density at radius 1 is 1.29 bits per heavy atom. The van der Waals surface area contributed by atoms with Crippen molar-refractivity contribution >= 4 is 0 Å². The van der Waals surface area contributed by atoms with Gasteiger partial charge >= 0.3 is 0 Å². The van der Waals surface area contributed by atoms with E-state index in [4.69, 9.17) is 5.26 Å². The molecule has 0 aliphatic carbocycles. The summed E-state index contributed by atoms with van der Waals surface area (Å²) in [5, 5.41) is 11.4. The van der Waals surface area contributed by atoms with Gasteiger partial charge in [0.1, 0.15) is 0 Å². The van der Waals surface area contributed by atoms with Crippen LogP contribution in [0.5, 0.6) is 0 Å². The molecule has 1 aliphatic heterocycles. The number of piperidine rings is 1. The third-order valence-electron chi connectivity index (χ3n) is 3.39. The van der Waals surface area contributed by atoms with Crippen LogP contribution >= 0.6 is 0 Å². The smallest absolute Gasteiger partial charge is 0.176 e. The van der Waals surface area contributed by atoms with Crippen LogP contribution in [0.1, 0.15) is 24.8 Å². The van der Waals surface area contributed by atoms with Crippen LogP contribution in [-0.4, -0.2) is 24.0 Å². The predicted octanol–water partition coefficient (Wildman–Crippen LogP) is 2.11. The van der Waals surface area contributed by atoms with Gasteiger partial charge in [0.25, 0.3) is 0 Å². The van der Waals surface area contributed by atoms with E-state index in [2.05, 4.69) is 40.5 Å². The van der Waals surface area contributed by atoms with Crippen molar-refractivity contribution in [3.8, 4) is 6.19 Å². The monoisotopic (exact) mass is 229 g/mol. The van der Waals surface area contributed by atoms with Crippen LogP contribution in [-0.2, 0) is 6.54 Å². The number of hydrogen-bond donors (Lipinski definition) is 1. The molecule has 1 saturated heterocycles. The molecule has 1 fully saturated rings. The molecule has 1 unspecified atom stereocenters. The maximum Gasteiger partial charge on any atom is 0.176 e. The first-order chi connectivity index (χ1) is 8.40. The molecule has 0 saturated carbocycles. The molecule has 0 aromatic heterocycles. The number of benzene rings is 1. The highest BCUT2D eigenvalue weighted by Gasteiger charge is 2.21. The Balaban J connectivity index is 1.94. The lowest BCUT2D eigenvalue weighted by atomic mass is 10.0. The van der Waals surface area contributed by atoms with Crippen LogP contribution in [0.3, 0.4) is 0 Å². The van der Waals surface area contributed by atoms with Crippen molar-refractivity contribution in [2.45, 2.75) is 31.8 Å². The van der Waals surface area contributed by atoms with E-state index in [1.807, 2.05) is 6.19 Å². The molecule has 0 amide bonds. The standard InChI is InChI=1S/C14H19N3/c15-12-16-10-14-8-4-5-9-17(14)11-13-6-2-1-3-7-13/h1-3,6-7,14,16H,4-5,8-11H2. The van der Waals surface area contributed by atoms with Gasteiger partial charge in [-0.3, -0.25) is 4.90 Å². The third kappa shape index (κ3) is 3.47. The Bertz CT molecular complexity index is 369. The van der Waals surface area contributed by atoms with E-state index in [-0.39, 0.29) is 0 Å². The van der Waals surface area contributed by atoms with Crippen molar-refractivity contribution in [3.05, 3.63) is 35.9 Å². The van der Waals surface area contributed by atoms with Crippen molar-refractivity contribution in [2.75, 3.05) is 13.1 Å². The first-order valence-corrected chi connectivity index (χ1v) is 6.30. The quantitative estimate of drug-likeness (QED) is 0.635. The van der Waals surface area contributed by atoms with Crippen LogP contribution in [0.2, 0.25) is 0 Å². The number of likely N-dealkylation sites (tertiary alicyclic amines) is 1. The molecule has 1 aromatic rings. The maximum absolute atomic E-state index is 8.59. The van der Waals surface area contributed by atoms with Crippen LogP contribution < -0.4 is 5.32 Å². The Labute approximate surface area is 103 Å². The van der Waals surface area contributed by atoms with Gasteiger partial charge in [0.15, 0.2) is 6.19 Å². The zero-order chi connectivity index (χ0) is 11.9. The van der Waals surface area contributed by atoms with Crippen molar-refractivity contribution in [1.29, 1.82) is 5.26 Å². The van der Waals surface area contributed by atoms with Crippen LogP contribution in [0, 0.1) is 11.5 Å². The molecular weight excluding hydrogens is 210 g/mol. The minimum absolute atomic E-state index is 0.503. The molecule has 0 radical (unpaired) electrons. The normalized spacial score (nSPS) is 20.8. The van der Waals surface area contributed by atoms with Crippen LogP contribution in [0.15, 0.2) is 30.3 Å². The van der Waals surface area contributed by atoms with Crippen molar-refractivity contribution in [1.82, 2.24) is 10.2 Å². The fourth-order valence-electron chi connectivity index (χ4n) is 2.48. The summed E-state index contributed by atoms with van der Waals surface area (Å²) >= 11 is 0. The van der Waals surface area contributed by atoms with E-state index in [9.17, 15) is 0 Å². The number of rotatable bonds is 4. The summed E-state index contributed by atoms with van der Waals surface area (Å²) in [7, 11) is 0. The van der Waals surface area contributed by atoms with Gasteiger partial charge < -0.3 is 5.32 Å². The van der Waals surface area contributed by atoms with Gasteiger partial charge in [0, 0.05) is 19.1 Å². The molecule has 0 bridgehead atoms. The number of nitriles is 1. The van der Waals surface area contributed by atoms with Crippen molar-refractivity contribution in [2.24, 2.45) is 0 Å². The largest absolute Gasteiger partial charge is 0.322 e. The summed E-state index contributed by atoms with van der Waals surface area (Å²) in [6.07, 6.45) is 5.77. The van der Waals surface area contributed by atoms with Gasteiger partial charge in [0.05, 0.1) is 0 Å². The zero-order valence-corrected chi connectivity index (χ0v) is 10.1. The first-order valence-electron chi connectivity index (χ1n) is 6.30. The highest BCUT2D eigenvalue weighted by Crippen LogP contribution is 2.19. The lowest BCUT2D eigenvalue weighted by molar-refractivity contribution is 0.141. The first kappa shape index (κ1) is 11.9. The highest BCUT2D eigenvalue weighted by molar-refractivity contribution is 5.14. The average molecular weight is 229 g/mol. The molecule has 17 heavy (non-hydrogen) atoms. The van der Waals surface area contributed by atoms with Gasteiger partial charge in [-0.05, 0) is 24.9 Å². The van der Waals surface area contributed by atoms with E-state index >= 15 is 0 Å². The second kappa shape index (κ2) is 6.27. The molecule has 0 spiro atoms. The fourth-order valence-corrected chi connectivity index (χ4v) is 2.48. The van der Waals surface area contributed by atoms with Gasteiger partial charge in [0.2, 0.25) is 0 Å². The number of nitrogens with zero attached hydrogens (tertiary/aromatic N) is 2. The molecule has 2 rings (SSSR count). The van der Waals surface area contributed by atoms with Crippen molar-refractivity contribution in [3.63, 3.8) is 0 Å². The minimum atomic E-state index is 0.503. The fraction of sp³-hybridized carbons (Fsp3) is 0.500.